The lowest BCUT2D eigenvalue weighted by molar-refractivity contribution is 0.386. The van der Waals surface area contributed by atoms with E-state index in [2.05, 4.69) is 26.1 Å². The van der Waals surface area contributed by atoms with Crippen molar-refractivity contribution in [2.24, 2.45) is 5.73 Å². The molecule has 1 aromatic heterocycles. The number of halogens is 2. The molecule has 2 rings (SSSR count). The Hall–Kier alpha value is -1.27. The van der Waals surface area contributed by atoms with E-state index in [-0.39, 0.29) is 11.4 Å². The Morgan fingerprint density at radius 1 is 1.32 bits per heavy atom. The van der Waals surface area contributed by atoms with Crippen LogP contribution in [0.3, 0.4) is 0 Å². The van der Waals surface area contributed by atoms with Crippen molar-refractivity contribution in [2.45, 2.75) is 32.9 Å². The third-order valence-electron chi connectivity index (χ3n) is 2.76. The summed E-state index contributed by atoms with van der Waals surface area (Å²) < 4.78 is 16.0. The molecule has 0 atom stereocenters. The highest BCUT2D eigenvalue weighted by Gasteiger charge is 2.23. The molecule has 0 unspecified atom stereocenters. The fourth-order valence-corrected chi connectivity index (χ4v) is 2.22. The van der Waals surface area contributed by atoms with E-state index in [9.17, 15) is 4.39 Å². The second kappa shape index (κ2) is 5.02. The van der Waals surface area contributed by atoms with Crippen LogP contribution in [0.15, 0.2) is 22.7 Å². The summed E-state index contributed by atoms with van der Waals surface area (Å²) in [7, 11) is 0. The molecule has 0 spiro atoms. The smallest absolute Gasteiger partial charge is 0.164 e. The van der Waals surface area contributed by atoms with Gasteiger partial charge in [-0.1, -0.05) is 0 Å². The minimum Gasteiger partial charge on any atom is -0.324 e. The fraction of sp³-hybridized carbons (Fsp3) is 0.385. The van der Waals surface area contributed by atoms with Gasteiger partial charge in [0.1, 0.15) is 11.6 Å². The van der Waals surface area contributed by atoms with Gasteiger partial charge in [-0.15, -0.1) is 10.2 Å². The van der Waals surface area contributed by atoms with Crippen molar-refractivity contribution in [2.75, 3.05) is 0 Å². The van der Waals surface area contributed by atoms with Crippen LogP contribution < -0.4 is 5.73 Å². The van der Waals surface area contributed by atoms with E-state index in [1.54, 1.807) is 12.1 Å². The van der Waals surface area contributed by atoms with Crippen LogP contribution in [0.25, 0.3) is 11.4 Å². The molecule has 0 amide bonds. The van der Waals surface area contributed by atoms with Crippen molar-refractivity contribution in [3.8, 4) is 11.4 Å². The van der Waals surface area contributed by atoms with E-state index in [4.69, 9.17) is 5.73 Å². The molecule has 0 saturated heterocycles. The Kier molecular flexibility index (Phi) is 3.73. The zero-order valence-corrected chi connectivity index (χ0v) is 12.7. The zero-order valence-electron chi connectivity index (χ0n) is 11.1. The van der Waals surface area contributed by atoms with Crippen molar-refractivity contribution in [3.05, 3.63) is 34.3 Å². The number of nitrogens with zero attached hydrogens (tertiary/aromatic N) is 3. The van der Waals surface area contributed by atoms with Gasteiger partial charge >= 0.3 is 0 Å². The molecule has 6 heteroatoms. The first-order valence-corrected chi connectivity index (χ1v) is 6.74. The summed E-state index contributed by atoms with van der Waals surface area (Å²) in [5.74, 6) is 0.987. The van der Waals surface area contributed by atoms with Crippen LogP contribution in [0.2, 0.25) is 0 Å². The third-order valence-corrected chi connectivity index (χ3v) is 3.40. The summed E-state index contributed by atoms with van der Waals surface area (Å²) in [5, 5.41) is 8.23. The maximum Gasteiger partial charge on any atom is 0.164 e. The summed E-state index contributed by atoms with van der Waals surface area (Å²) in [6.45, 7) is 6.40. The van der Waals surface area contributed by atoms with Gasteiger partial charge in [0, 0.05) is 11.1 Å². The van der Waals surface area contributed by atoms with Crippen LogP contribution in [-0.2, 0) is 12.1 Å². The molecule has 0 bridgehead atoms. The minimum absolute atomic E-state index is 0.225. The molecule has 102 valence electrons. The second-order valence-corrected chi connectivity index (χ2v) is 6.13. The Labute approximate surface area is 120 Å². The van der Waals surface area contributed by atoms with Crippen molar-refractivity contribution >= 4 is 15.9 Å². The molecule has 1 heterocycles. The third kappa shape index (κ3) is 2.69. The Bertz CT molecular complexity index is 601. The SMILES string of the molecule is CC(C)(C)n1c(CN)nnc1-c1ccc(Br)c(F)c1. The summed E-state index contributed by atoms with van der Waals surface area (Å²) in [5.41, 5.74) is 6.15. The Balaban J connectivity index is 2.62. The molecule has 2 aromatic rings. The van der Waals surface area contributed by atoms with E-state index in [1.807, 2.05) is 25.3 Å². The maximum absolute atomic E-state index is 13.7. The van der Waals surface area contributed by atoms with Gasteiger partial charge < -0.3 is 10.3 Å². The molecular formula is C13H16BrFN4. The highest BCUT2D eigenvalue weighted by atomic mass is 79.9. The lowest BCUT2D eigenvalue weighted by atomic mass is 10.1. The van der Waals surface area contributed by atoms with Gasteiger partial charge in [-0.05, 0) is 54.9 Å². The topological polar surface area (TPSA) is 56.7 Å². The second-order valence-electron chi connectivity index (χ2n) is 5.28. The van der Waals surface area contributed by atoms with Crippen molar-refractivity contribution in [1.29, 1.82) is 0 Å². The van der Waals surface area contributed by atoms with Crippen molar-refractivity contribution in [3.63, 3.8) is 0 Å². The number of rotatable bonds is 2. The van der Waals surface area contributed by atoms with Gasteiger partial charge in [0.15, 0.2) is 5.82 Å². The van der Waals surface area contributed by atoms with E-state index in [0.29, 0.717) is 28.2 Å². The van der Waals surface area contributed by atoms with Gasteiger partial charge in [0.05, 0.1) is 11.0 Å². The predicted octanol–water partition coefficient (Wildman–Crippen LogP) is 3.06. The molecule has 0 radical (unpaired) electrons. The van der Waals surface area contributed by atoms with Gasteiger partial charge in [-0.3, -0.25) is 0 Å². The standard InChI is InChI=1S/C13H16BrFN4/c1-13(2,3)19-11(7-16)17-18-12(19)8-4-5-9(14)10(15)6-8/h4-6H,7,16H2,1-3H3. The monoisotopic (exact) mass is 326 g/mol. The molecule has 0 aliphatic carbocycles. The zero-order chi connectivity index (χ0) is 14.2. The van der Waals surface area contributed by atoms with Gasteiger partial charge in [-0.2, -0.15) is 0 Å². The number of hydrogen-bond donors (Lipinski definition) is 1. The number of nitrogens with two attached hydrogens (primary N) is 1. The molecular weight excluding hydrogens is 311 g/mol. The van der Waals surface area contributed by atoms with E-state index >= 15 is 0 Å². The van der Waals surface area contributed by atoms with Crippen LogP contribution in [0.5, 0.6) is 0 Å². The van der Waals surface area contributed by atoms with Gasteiger partial charge in [-0.25, -0.2) is 4.39 Å². The van der Waals surface area contributed by atoms with Crippen LogP contribution in [0, 0.1) is 5.82 Å². The Morgan fingerprint density at radius 3 is 2.53 bits per heavy atom. The molecule has 0 aliphatic rings. The van der Waals surface area contributed by atoms with Crippen molar-refractivity contribution < 1.29 is 4.39 Å². The highest BCUT2D eigenvalue weighted by Crippen LogP contribution is 2.28. The Morgan fingerprint density at radius 2 is 2.00 bits per heavy atom. The largest absolute Gasteiger partial charge is 0.324 e. The summed E-state index contributed by atoms with van der Waals surface area (Å²) in [6.07, 6.45) is 0. The molecule has 0 aliphatic heterocycles. The first-order chi connectivity index (χ1) is 8.84. The molecule has 0 fully saturated rings. The number of aromatic nitrogens is 3. The van der Waals surface area contributed by atoms with Crippen molar-refractivity contribution in [1.82, 2.24) is 14.8 Å². The average Bonchev–Trinajstić information content (AvgIpc) is 2.76. The van der Waals surface area contributed by atoms with Gasteiger partial charge in [0.25, 0.3) is 0 Å². The van der Waals surface area contributed by atoms with E-state index in [0.717, 1.165) is 0 Å². The molecule has 19 heavy (non-hydrogen) atoms. The molecule has 4 nitrogen and oxygen atoms in total. The maximum atomic E-state index is 13.7. The number of benzene rings is 1. The summed E-state index contributed by atoms with van der Waals surface area (Å²) in [6, 6.07) is 4.91. The lowest BCUT2D eigenvalue weighted by Gasteiger charge is -2.24. The fourth-order valence-electron chi connectivity index (χ4n) is 1.98. The summed E-state index contributed by atoms with van der Waals surface area (Å²) >= 11 is 3.14. The predicted molar refractivity (Wildman–Crippen MR) is 76.0 cm³/mol. The minimum atomic E-state index is -0.324. The average molecular weight is 327 g/mol. The lowest BCUT2D eigenvalue weighted by Crippen LogP contribution is -2.26. The first kappa shape index (κ1) is 14.1. The van der Waals surface area contributed by atoms with E-state index < -0.39 is 0 Å². The molecule has 2 N–H and O–H groups in total. The molecule has 1 aromatic carbocycles. The summed E-state index contributed by atoms with van der Waals surface area (Å²) in [4.78, 5) is 0. The highest BCUT2D eigenvalue weighted by molar-refractivity contribution is 9.10. The quantitative estimate of drug-likeness (QED) is 0.922. The first-order valence-electron chi connectivity index (χ1n) is 5.95. The van der Waals surface area contributed by atoms with Crippen LogP contribution in [-0.4, -0.2) is 14.8 Å². The normalized spacial score (nSPS) is 11.9. The van der Waals surface area contributed by atoms with Crippen LogP contribution in [0.1, 0.15) is 26.6 Å². The van der Waals surface area contributed by atoms with Crippen LogP contribution in [0.4, 0.5) is 4.39 Å². The van der Waals surface area contributed by atoms with Crippen LogP contribution >= 0.6 is 15.9 Å². The number of hydrogen-bond acceptors (Lipinski definition) is 3. The van der Waals surface area contributed by atoms with E-state index in [1.165, 1.54) is 6.07 Å². The van der Waals surface area contributed by atoms with Gasteiger partial charge in [0.2, 0.25) is 0 Å². The molecule has 0 saturated carbocycles.